The van der Waals surface area contributed by atoms with Gasteiger partial charge in [-0.15, -0.1) is 0 Å². The molecule has 13 heavy (non-hydrogen) atoms. The fourth-order valence-corrected chi connectivity index (χ4v) is 1.42. The quantitative estimate of drug-likeness (QED) is 0.526. The van der Waals surface area contributed by atoms with Gasteiger partial charge in [-0.25, -0.2) is 0 Å². The van der Waals surface area contributed by atoms with Gasteiger partial charge in [-0.05, 0) is 19.8 Å². The van der Waals surface area contributed by atoms with E-state index < -0.39 is 0 Å². The number of carbonyl (C=O) groups excluding carboxylic acids is 1. The summed E-state index contributed by atoms with van der Waals surface area (Å²) in [5.74, 6) is 0.236. The van der Waals surface area contributed by atoms with E-state index in [4.69, 9.17) is 14.6 Å². The highest BCUT2D eigenvalue weighted by Gasteiger charge is 2.23. The van der Waals surface area contributed by atoms with E-state index in [2.05, 4.69) is 0 Å². The van der Waals surface area contributed by atoms with Crippen LogP contribution in [-0.4, -0.2) is 24.2 Å². The average molecular weight is 188 g/mol. The molecule has 0 bridgehead atoms. The molecule has 0 unspecified atom stereocenters. The van der Waals surface area contributed by atoms with E-state index in [0.717, 1.165) is 12.8 Å². The average Bonchev–Trinajstić information content (AvgIpc) is 2.58. The molecule has 0 heterocycles. The van der Waals surface area contributed by atoms with E-state index in [-0.39, 0.29) is 18.4 Å². The fourth-order valence-electron chi connectivity index (χ4n) is 1.42. The first kappa shape index (κ1) is 11.9. The van der Waals surface area contributed by atoms with Crippen molar-refractivity contribution in [2.45, 2.75) is 32.6 Å². The molecule has 0 aromatic carbocycles. The van der Waals surface area contributed by atoms with Gasteiger partial charge in [-0.3, -0.25) is 9.59 Å². The third-order valence-electron chi connectivity index (χ3n) is 1.98. The first-order valence-corrected chi connectivity index (χ1v) is 4.50. The van der Waals surface area contributed by atoms with Crippen molar-refractivity contribution in [3.05, 3.63) is 0 Å². The number of rotatable bonds is 2. The summed E-state index contributed by atoms with van der Waals surface area (Å²) >= 11 is 0. The largest absolute Gasteiger partial charge is 0.483 e. The molecule has 0 aliphatic heterocycles. The minimum Gasteiger partial charge on any atom is -0.483 e. The van der Waals surface area contributed by atoms with Crippen LogP contribution >= 0.6 is 0 Å². The summed E-state index contributed by atoms with van der Waals surface area (Å²) in [6.45, 7) is 2.13. The van der Waals surface area contributed by atoms with Crippen LogP contribution in [0.4, 0.5) is 0 Å². The molecule has 1 aliphatic carbocycles. The first-order chi connectivity index (χ1) is 6.26. The van der Waals surface area contributed by atoms with E-state index in [0.29, 0.717) is 6.61 Å². The lowest BCUT2D eigenvalue weighted by Gasteiger charge is -2.06. The van der Waals surface area contributed by atoms with Crippen LogP contribution in [-0.2, 0) is 14.3 Å². The predicted molar refractivity (Wildman–Crippen MR) is 47.3 cm³/mol. The van der Waals surface area contributed by atoms with Crippen LogP contribution in [0.5, 0.6) is 0 Å². The summed E-state index contributed by atoms with van der Waals surface area (Å²) < 4.78 is 4.89. The van der Waals surface area contributed by atoms with Crippen LogP contribution in [0.1, 0.15) is 32.6 Å². The van der Waals surface area contributed by atoms with E-state index in [1.54, 1.807) is 0 Å². The first-order valence-electron chi connectivity index (χ1n) is 4.50. The Balaban J connectivity index is 0.000000424. The highest BCUT2D eigenvalue weighted by atomic mass is 16.5. The molecule has 0 atom stereocenters. The van der Waals surface area contributed by atoms with Gasteiger partial charge in [0.25, 0.3) is 6.47 Å². The van der Waals surface area contributed by atoms with Crippen molar-refractivity contribution in [1.29, 1.82) is 0 Å². The van der Waals surface area contributed by atoms with Crippen LogP contribution in [0.15, 0.2) is 0 Å². The van der Waals surface area contributed by atoms with Gasteiger partial charge >= 0.3 is 5.97 Å². The fraction of sp³-hybridized carbons (Fsp3) is 0.778. The van der Waals surface area contributed by atoms with Crippen molar-refractivity contribution in [2.75, 3.05) is 6.61 Å². The second-order valence-corrected chi connectivity index (χ2v) is 2.84. The summed E-state index contributed by atoms with van der Waals surface area (Å²) in [5.41, 5.74) is 0. The molecular weight excluding hydrogens is 172 g/mol. The Morgan fingerprint density at radius 1 is 1.54 bits per heavy atom. The smallest absolute Gasteiger partial charge is 0.308 e. The van der Waals surface area contributed by atoms with Crippen molar-refractivity contribution in [3.63, 3.8) is 0 Å². The van der Waals surface area contributed by atoms with E-state index >= 15 is 0 Å². The number of carbonyl (C=O) groups is 2. The van der Waals surface area contributed by atoms with Gasteiger partial charge in [-0.1, -0.05) is 12.8 Å². The molecular formula is C9H16O4. The Bertz CT molecular complexity index is 150. The molecule has 1 fully saturated rings. The van der Waals surface area contributed by atoms with E-state index in [1.807, 2.05) is 6.92 Å². The van der Waals surface area contributed by atoms with Crippen molar-refractivity contribution in [1.82, 2.24) is 0 Å². The van der Waals surface area contributed by atoms with E-state index in [1.165, 1.54) is 12.8 Å². The molecule has 0 aromatic rings. The Hall–Kier alpha value is -1.06. The molecule has 1 saturated carbocycles. The molecule has 0 spiro atoms. The molecule has 4 nitrogen and oxygen atoms in total. The second-order valence-electron chi connectivity index (χ2n) is 2.84. The number of hydrogen-bond donors (Lipinski definition) is 1. The lowest BCUT2D eigenvalue weighted by molar-refractivity contribution is -0.147. The molecule has 1 N–H and O–H groups in total. The summed E-state index contributed by atoms with van der Waals surface area (Å²) in [6.07, 6.45) is 4.48. The number of carboxylic acid groups (broad SMARTS) is 1. The lowest BCUT2D eigenvalue weighted by Crippen LogP contribution is -2.13. The second kappa shape index (κ2) is 7.58. The summed E-state index contributed by atoms with van der Waals surface area (Å²) in [4.78, 5) is 19.4. The molecule has 1 rings (SSSR count). The SMILES string of the molecule is CCOC(=O)C1CCCC1.O=CO. The summed E-state index contributed by atoms with van der Waals surface area (Å²) in [5, 5.41) is 6.89. The van der Waals surface area contributed by atoms with Crippen LogP contribution < -0.4 is 0 Å². The molecule has 76 valence electrons. The molecule has 0 aromatic heterocycles. The van der Waals surface area contributed by atoms with E-state index in [9.17, 15) is 4.79 Å². The molecule has 0 amide bonds. The predicted octanol–water partition coefficient (Wildman–Crippen LogP) is 1.44. The zero-order valence-corrected chi connectivity index (χ0v) is 7.86. The van der Waals surface area contributed by atoms with Gasteiger partial charge in [0.1, 0.15) is 0 Å². The number of ether oxygens (including phenoxy) is 1. The monoisotopic (exact) mass is 188 g/mol. The van der Waals surface area contributed by atoms with Gasteiger partial charge in [-0.2, -0.15) is 0 Å². The Morgan fingerprint density at radius 3 is 2.38 bits per heavy atom. The van der Waals surface area contributed by atoms with Crippen molar-refractivity contribution >= 4 is 12.4 Å². The third kappa shape index (κ3) is 5.22. The standard InChI is InChI=1S/C8H14O2.CH2O2/c1-2-10-8(9)7-5-3-4-6-7;2-1-3/h7H,2-6H2,1H3;1H,(H,2,3). The zero-order chi connectivity index (χ0) is 10.1. The maximum atomic E-state index is 11.0. The Labute approximate surface area is 77.9 Å². The number of esters is 1. The number of hydrogen-bond acceptors (Lipinski definition) is 3. The third-order valence-corrected chi connectivity index (χ3v) is 1.98. The minimum atomic E-state index is -0.250. The van der Waals surface area contributed by atoms with Crippen LogP contribution in [0.3, 0.4) is 0 Å². The van der Waals surface area contributed by atoms with Crippen molar-refractivity contribution < 1.29 is 19.4 Å². The van der Waals surface area contributed by atoms with Gasteiger partial charge in [0.2, 0.25) is 0 Å². The summed E-state index contributed by atoms with van der Waals surface area (Å²) in [7, 11) is 0. The normalized spacial score (nSPS) is 15.8. The van der Waals surface area contributed by atoms with Crippen molar-refractivity contribution in [3.8, 4) is 0 Å². The maximum Gasteiger partial charge on any atom is 0.308 e. The summed E-state index contributed by atoms with van der Waals surface area (Å²) in [6, 6.07) is 0. The molecule has 4 heteroatoms. The van der Waals surface area contributed by atoms with Gasteiger partial charge in [0, 0.05) is 0 Å². The Morgan fingerprint density at radius 2 is 2.00 bits per heavy atom. The minimum absolute atomic E-state index is 0.0139. The molecule has 1 aliphatic rings. The zero-order valence-electron chi connectivity index (χ0n) is 7.86. The van der Waals surface area contributed by atoms with Crippen LogP contribution in [0.25, 0.3) is 0 Å². The van der Waals surface area contributed by atoms with Crippen LogP contribution in [0, 0.1) is 5.92 Å². The maximum absolute atomic E-state index is 11.0. The highest BCUT2D eigenvalue weighted by Crippen LogP contribution is 2.25. The topological polar surface area (TPSA) is 63.6 Å². The highest BCUT2D eigenvalue weighted by molar-refractivity contribution is 5.72. The molecule has 0 saturated heterocycles. The van der Waals surface area contributed by atoms with Crippen molar-refractivity contribution in [2.24, 2.45) is 5.92 Å². The molecule has 0 radical (unpaired) electrons. The van der Waals surface area contributed by atoms with Gasteiger partial charge < -0.3 is 9.84 Å². The van der Waals surface area contributed by atoms with Crippen LogP contribution in [0.2, 0.25) is 0 Å². The lowest BCUT2D eigenvalue weighted by atomic mass is 10.1. The van der Waals surface area contributed by atoms with Gasteiger partial charge in [0.05, 0.1) is 12.5 Å². The van der Waals surface area contributed by atoms with Gasteiger partial charge in [0.15, 0.2) is 0 Å². The Kier molecular flexibility index (Phi) is 6.96.